The maximum Gasteiger partial charge on any atom is 0.0221 e. The molecule has 3 rings (SSSR count). The zero-order valence-electron chi connectivity index (χ0n) is 16.2. The first-order valence-electron chi connectivity index (χ1n) is 11.0. The van der Waals surface area contributed by atoms with Crippen LogP contribution in [0.2, 0.25) is 0 Å². The molecule has 0 aromatic rings. The highest BCUT2D eigenvalue weighted by molar-refractivity contribution is 4.93. The minimum atomic E-state index is 0.609. The molecule has 0 amide bonds. The summed E-state index contributed by atoms with van der Waals surface area (Å²) in [5.74, 6) is 0. The average Bonchev–Trinajstić information content (AvgIpc) is 2.63. The lowest BCUT2D eigenvalue weighted by Gasteiger charge is -2.40. The molecule has 1 saturated heterocycles. The Kier molecular flexibility index (Phi) is 7.42. The summed E-state index contributed by atoms with van der Waals surface area (Å²) in [5.41, 5.74) is 0. The van der Waals surface area contributed by atoms with Gasteiger partial charge in [-0.05, 0) is 52.4 Å². The molecule has 3 nitrogen and oxygen atoms in total. The fourth-order valence-corrected chi connectivity index (χ4v) is 5.30. The SMILES string of the molecule is CC(NC1CCCCC1)C1CCCC(C(C)NC2CCCCC2)N1. The number of nitrogens with one attached hydrogen (secondary N) is 3. The Morgan fingerprint density at radius 1 is 0.583 bits per heavy atom. The molecular formula is C21H41N3. The van der Waals surface area contributed by atoms with Crippen LogP contribution in [0.1, 0.15) is 97.3 Å². The van der Waals surface area contributed by atoms with Crippen molar-refractivity contribution in [3.63, 3.8) is 0 Å². The van der Waals surface area contributed by atoms with Crippen molar-refractivity contribution in [2.45, 2.75) is 134 Å². The molecule has 3 aliphatic rings. The van der Waals surface area contributed by atoms with E-state index in [-0.39, 0.29) is 0 Å². The van der Waals surface area contributed by atoms with Crippen LogP contribution in [0.4, 0.5) is 0 Å². The van der Waals surface area contributed by atoms with Gasteiger partial charge in [-0.3, -0.25) is 0 Å². The van der Waals surface area contributed by atoms with Crippen LogP contribution in [0.15, 0.2) is 0 Å². The molecule has 1 heterocycles. The third-order valence-corrected chi connectivity index (χ3v) is 6.87. The van der Waals surface area contributed by atoms with Crippen LogP contribution in [0, 0.1) is 0 Å². The summed E-state index contributed by atoms with van der Waals surface area (Å²) in [5, 5.41) is 11.9. The topological polar surface area (TPSA) is 36.1 Å². The van der Waals surface area contributed by atoms with Crippen LogP contribution < -0.4 is 16.0 Å². The van der Waals surface area contributed by atoms with Crippen LogP contribution >= 0.6 is 0 Å². The average molecular weight is 336 g/mol. The van der Waals surface area contributed by atoms with Gasteiger partial charge in [-0.15, -0.1) is 0 Å². The van der Waals surface area contributed by atoms with Gasteiger partial charge in [-0.2, -0.15) is 0 Å². The van der Waals surface area contributed by atoms with Crippen LogP contribution in [0.3, 0.4) is 0 Å². The van der Waals surface area contributed by atoms with Gasteiger partial charge in [0.1, 0.15) is 0 Å². The summed E-state index contributed by atoms with van der Waals surface area (Å²) in [6.45, 7) is 4.82. The van der Waals surface area contributed by atoms with Crippen LogP contribution in [-0.4, -0.2) is 36.3 Å². The zero-order chi connectivity index (χ0) is 16.8. The predicted octanol–water partition coefficient (Wildman–Crippen LogP) is 4.12. The van der Waals surface area contributed by atoms with E-state index in [0.717, 1.165) is 12.1 Å². The zero-order valence-corrected chi connectivity index (χ0v) is 16.2. The van der Waals surface area contributed by atoms with E-state index in [0.29, 0.717) is 24.2 Å². The second-order valence-electron chi connectivity index (χ2n) is 8.89. The maximum absolute atomic E-state index is 4.01. The highest BCUT2D eigenvalue weighted by Gasteiger charge is 2.30. The summed E-state index contributed by atoms with van der Waals surface area (Å²) < 4.78 is 0. The fourth-order valence-electron chi connectivity index (χ4n) is 5.30. The smallest absolute Gasteiger partial charge is 0.0221 e. The summed E-state index contributed by atoms with van der Waals surface area (Å²) in [6, 6.07) is 4.07. The van der Waals surface area contributed by atoms with Gasteiger partial charge in [-0.25, -0.2) is 0 Å². The minimum absolute atomic E-state index is 0.609. The maximum atomic E-state index is 4.01. The molecule has 0 aromatic heterocycles. The molecule has 4 unspecified atom stereocenters. The molecule has 3 N–H and O–H groups in total. The van der Waals surface area contributed by atoms with Gasteiger partial charge in [0.25, 0.3) is 0 Å². The number of hydrogen-bond donors (Lipinski definition) is 3. The first kappa shape index (κ1) is 18.7. The Hall–Kier alpha value is -0.120. The summed E-state index contributed by atoms with van der Waals surface area (Å²) in [4.78, 5) is 0. The Bertz CT molecular complexity index is 315. The van der Waals surface area contributed by atoms with Crippen molar-refractivity contribution in [1.82, 2.24) is 16.0 Å². The Balaban J connectivity index is 1.44. The van der Waals surface area contributed by atoms with E-state index >= 15 is 0 Å². The lowest BCUT2D eigenvalue weighted by molar-refractivity contribution is 0.208. The molecular weight excluding hydrogens is 294 g/mol. The monoisotopic (exact) mass is 335 g/mol. The summed E-state index contributed by atoms with van der Waals surface area (Å²) in [7, 11) is 0. The van der Waals surface area contributed by atoms with Gasteiger partial charge >= 0.3 is 0 Å². The molecule has 2 saturated carbocycles. The van der Waals surface area contributed by atoms with Crippen molar-refractivity contribution in [2.24, 2.45) is 0 Å². The molecule has 4 atom stereocenters. The van der Waals surface area contributed by atoms with E-state index in [4.69, 9.17) is 0 Å². The Morgan fingerprint density at radius 3 is 1.42 bits per heavy atom. The fraction of sp³-hybridized carbons (Fsp3) is 1.00. The number of piperidine rings is 1. The van der Waals surface area contributed by atoms with Crippen LogP contribution in [0.5, 0.6) is 0 Å². The van der Waals surface area contributed by atoms with Crippen molar-refractivity contribution < 1.29 is 0 Å². The largest absolute Gasteiger partial charge is 0.310 e. The van der Waals surface area contributed by atoms with E-state index in [1.807, 2.05) is 0 Å². The van der Waals surface area contributed by atoms with Gasteiger partial charge in [0.15, 0.2) is 0 Å². The van der Waals surface area contributed by atoms with Gasteiger partial charge in [0.2, 0.25) is 0 Å². The highest BCUT2D eigenvalue weighted by atomic mass is 15.1. The first-order valence-corrected chi connectivity index (χ1v) is 11.0. The first-order chi connectivity index (χ1) is 11.7. The summed E-state index contributed by atoms with van der Waals surface area (Å²) >= 11 is 0. The molecule has 24 heavy (non-hydrogen) atoms. The highest BCUT2D eigenvalue weighted by Crippen LogP contribution is 2.23. The predicted molar refractivity (Wildman–Crippen MR) is 104 cm³/mol. The van der Waals surface area contributed by atoms with E-state index < -0.39 is 0 Å². The molecule has 140 valence electrons. The molecule has 2 aliphatic carbocycles. The van der Waals surface area contributed by atoms with Crippen molar-refractivity contribution in [1.29, 1.82) is 0 Å². The van der Waals surface area contributed by atoms with E-state index in [9.17, 15) is 0 Å². The van der Waals surface area contributed by atoms with Gasteiger partial charge in [0, 0.05) is 36.3 Å². The van der Waals surface area contributed by atoms with Crippen LogP contribution in [-0.2, 0) is 0 Å². The van der Waals surface area contributed by atoms with Gasteiger partial charge in [0.05, 0.1) is 0 Å². The molecule has 0 aromatic carbocycles. The van der Waals surface area contributed by atoms with E-state index in [1.165, 1.54) is 83.5 Å². The second kappa shape index (κ2) is 9.54. The van der Waals surface area contributed by atoms with E-state index in [2.05, 4.69) is 29.8 Å². The third-order valence-electron chi connectivity index (χ3n) is 6.87. The Morgan fingerprint density at radius 2 is 1.00 bits per heavy atom. The van der Waals surface area contributed by atoms with Gasteiger partial charge in [-0.1, -0.05) is 44.9 Å². The quantitative estimate of drug-likeness (QED) is 0.683. The molecule has 1 aliphatic heterocycles. The molecule has 0 radical (unpaired) electrons. The lowest BCUT2D eigenvalue weighted by atomic mass is 9.88. The summed E-state index contributed by atoms with van der Waals surface area (Å²) in [6.07, 6.45) is 18.2. The second-order valence-corrected chi connectivity index (χ2v) is 8.89. The van der Waals surface area contributed by atoms with Gasteiger partial charge < -0.3 is 16.0 Å². The molecule has 0 bridgehead atoms. The van der Waals surface area contributed by atoms with Crippen molar-refractivity contribution in [3.8, 4) is 0 Å². The molecule has 0 spiro atoms. The molecule has 3 fully saturated rings. The van der Waals surface area contributed by atoms with E-state index in [1.54, 1.807) is 0 Å². The number of rotatable bonds is 6. The van der Waals surface area contributed by atoms with Crippen molar-refractivity contribution in [3.05, 3.63) is 0 Å². The lowest BCUT2D eigenvalue weighted by Crippen LogP contribution is -2.59. The number of hydrogen-bond acceptors (Lipinski definition) is 3. The standard InChI is InChI=1S/C21H41N3/c1-16(22-18-10-5-3-6-11-18)20-14-9-15-21(24-20)17(2)23-19-12-7-4-8-13-19/h16-24H,3-15H2,1-2H3. The minimum Gasteiger partial charge on any atom is -0.310 e. The van der Waals surface area contributed by atoms with Crippen molar-refractivity contribution >= 4 is 0 Å². The third kappa shape index (κ3) is 5.44. The molecule has 3 heteroatoms. The van der Waals surface area contributed by atoms with Crippen molar-refractivity contribution in [2.75, 3.05) is 0 Å². The van der Waals surface area contributed by atoms with Crippen LogP contribution in [0.25, 0.3) is 0 Å². The Labute approximate surface area is 150 Å². The normalized spacial score (nSPS) is 33.2.